The van der Waals surface area contributed by atoms with E-state index in [4.69, 9.17) is 4.42 Å². The Morgan fingerprint density at radius 3 is 2.62 bits per heavy atom. The third kappa shape index (κ3) is 2.91. The molecule has 0 atom stereocenters. The van der Waals surface area contributed by atoms with E-state index in [1.54, 1.807) is 12.3 Å². The van der Waals surface area contributed by atoms with Crippen molar-refractivity contribution in [3.63, 3.8) is 0 Å². The van der Waals surface area contributed by atoms with Crippen molar-refractivity contribution in [2.45, 2.75) is 12.8 Å². The Kier molecular flexibility index (Phi) is 3.59. The summed E-state index contributed by atoms with van der Waals surface area (Å²) in [6, 6.07) is 13.1. The SMILES string of the molecule is O=c1[nH]c2ccccc2cc1Cc1nnc(Cc2cccnn2)o1. The van der Waals surface area contributed by atoms with Crippen molar-refractivity contribution >= 4 is 10.9 Å². The zero-order valence-electron chi connectivity index (χ0n) is 12.6. The van der Waals surface area contributed by atoms with Crippen molar-refractivity contribution in [1.29, 1.82) is 0 Å². The number of fused-ring (bicyclic) bond motifs is 1. The van der Waals surface area contributed by atoms with Crippen molar-refractivity contribution in [3.05, 3.63) is 82.1 Å². The summed E-state index contributed by atoms with van der Waals surface area (Å²) in [6.45, 7) is 0. The fourth-order valence-electron chi connectivity index (χ4n) is 2.50. The van der Waals surface area contributed by atoms with Crippen LogP contribution in [0.15, 0.2) is 57.9 Å². The minimum absolute atomic E-state index is 0.151. The Morgan fingerprint density at radius 1 is 0.958 bits per heavy atom. The molecular weight excluding hydrogens is 306 g/mol. The number of nitrogens with one attached hydrogen (secondary N) is 1. The van der Waals surface area contributed by atoms with E-state index >= 15 is 0 Å². The van der Waals surface area contributed by atoms with Gasteiger partial charge in [-0.3, -0.25) is 4.79 Å². The minimum Gasteiger partial charge on any atom is -0.424 e. The van der Waals surface area contributed by atoms with E-state index < -0.39 is 0 Å². The molecule has 4 rings (SSSR count). The number of pyridine rings is 1. The van der Waals surface area contributed by atoms with Gasteiger partial charge in [0.2, 0.25) is 11.8 Å². The highest BCUT2D eigenvalue weighted by atomic mass is 16.4. The maximum Gasteiger partial charge on any atom is 0.252 e. The lowest BCUT2D eigenvalue weighted by atomic mass is 10.1. The van der Waals surface area contributed by atoms with Gasteiger partial charge in [0.25, 0.3) is 5.56 Å². The summed E-state index contributed by atoms with van der Waals surface area (Å²) >= 11 is 0. The van der Waals surface area contributed by atoms with Crippen molar-refractivity contribution in [1.82, 2.24) is 25.4 Å². The molecule has 0 unspecified atom stereocenters. The lowest BCUT2D eigenvalue weighted by Gasteiger charge is -2.00. The Morgan fingerprint density at radius 2 is 1.79 bits per heavy atom. The van der Waals surface area contributed by atoms with Crippen molar-refractivity contribution < 1.29 is 4.42 Å². The van der Waals surface area contributed by atoms with Gasteiger partial charge in [-0.2, -0.15) is 10.2 Å². The summed E-state index contributed by atoms with van der Waals surface area (Å²) in [5, 5.41) is 16.8. The molecule has 0 amide bonds. The molecule has 118 valence electrons. The van der Waals surface area contributed by atoms with Gasteiger partial charge >= 0.3 is 0 Å². The Hall–Kier alpha value is -3.35. The predicted octanol–water partition coefficient (Wildman–Crippen LogP) is 1.88. The number of para-hydroxylation sites is 1. The summed E-state index contributed by atoms with van der Waals surface area (Å²) in [6.07, 6.45) is 2.30. The van der Waals surface area contributed by atoms with Crippen molar-refractivity contribution in [3.8, 4) is 0 Å². The average Bonchev–Trinajstić information content (AvgIpc) is 3.03. The van der Waals surface area contributed by atoms with E-state index in [0.717, 1.165) is 16.6 Å². The fourth-order valence-corrected chi connectivity index (χ4v) is 2.50. The molecule has 0 saturated carbocycles. The van der Waals surface area contributed by atoms with Gasteiger partial charge in [-0.1, -0.05) is 18.2 Å². The van der Waals surface area contributed by atoms with Gasteiger partial charge in [-0.05, 0) is 29.7 Å². The second-order valence-corrected chi connectivity index (χ2v) is 5.37. The lowest BCUT2D eigenvalue weighted by molar-refractivity contribution is 0.464. The highest BCUT2D eigenvalue weighted by Crippen LogP contribution is 2.13. The molecule has 7 nitrogen and oxygen atoms in total. The van der Waals surface area contributed by atoms with Gasteiger partial charge in [-0.25, -0.2) is 0 Å². The van der Waals surface area contributed by atoms with Crippen LogP contribution in [0.3, 0.4) is 0 Å². The summed E-state index contributed by atoms with van der Waals surface area (Å²) in [5.41, 5.74) is 1.99. The monoisotopic (exact) mass is 319 g/mol. The number of nitrogens with zero attached hydrogens (tertiary/aromatic N) is 4. The van der Waals surface area contributed by atoms with Crippen molar-refractivity contribution in [2.75, 3.05) is 0 Å². The van der Waals surface area contributed by atoms with E-state index in [0.29, 0.717) is 23.8 Å². The van der Waals surface area contributed by atoms with Crippen LogP contribution in [0.4, 0.5) is 0 Å². The molecule has 7 heteroatoms. The molecule has 24 heavy (non-hydrogen) atoms. The fraction of sp³-hybridized carbons (Fsp3) is 0.118. The molecule has 0 bridgehead atoms. The summed E-state index contributed by atoms with van der Waals surface area (Å²) in [4.78, 5) is 15.0. The zero-order valence-corrected chi connectivity index (χ0v) is 12.6. The molecule has 0 aliphatic rings. The molecule has 3 aromatic heterocycles. The zero-order chi connectivity index (χ0) is 16.4. The quantitative estimate of drug-likeness (QED) is 0.617. The number of hydrogen-bond acceptors (Lipinski definition) is 6. The number of H-pyrrole nitrogens is 1. The van der Waals surface area contributed by atoms with E-state index in [1.165, 1.54) is 0 Å². The standard InChI is InChI=1S/C17H13N5O2/c23-17-12(8-11-4-1-2-6-14(11)19-17)9-15-21-22-16(24-15)10-13-5-3-7-18-20-13/h1-8H,9-10H2,(H,19,23). The average molecular weight is 319 g/mol. The van der Waals surface area contributed by atoms with Gasteiger partial charge in [0, 0.05) is 17.3 Å². The predicted molar refractivity (Wildman–Crippen MR) is 86.5 cm³/mol. The molecule has 0 aliphatic heterocycles. The highest BCUT2D eigenvalue weighted by molar-refractivity contribution is 5.78. The molecule has 0 aliphatic carbocycles. The molecule has 0 fully saturated rings. The van der Waals surface area contributed by atoms with Crippen molar-refractivity contribution in [2.24, 2.45) is 0 Å². The smallest absolute Gasteiger partial charge is 0.252 e. The maximum atomic E-state index is 12.2. The molecule has 1 N–H and O–H groups in total. The summed E-state index contributed by atoms with van der Waals surface area (Å²) in [7, 11) is 0. The second-order valence-electron chi connectivity index (χ2n) is 5.37. The molecule has 0 radical (unpaired) electrons. The van der Waals surface area contributed by atoms with Crippen LogP contribution in [0.2, 0.25) is 0 Å². The maximum absolute atomic E-state index is 12.2. The Labute approximate surface area is 136 Å². The number of benzene rings is 1. The molecule has 0 spiro atoms. The van der Waals surface area contributed by atoms with Crippen LogP contribution < -0.4 is 5.56 Å². The largest absolute Gasteiger partial charge is 0.424 e. The first-order valence-corrected chi connectivity index (χ1v) is 7.47. The third-order valence-corrected chi connectivity index (χ3v) is 3.64. The Bertz CT molecular complexity index is 1040. The van der Waals surface area contributed by atoms with Crippen LogP contribution in [0, 0.1) is 0 Å². The third-order valence-electron chi connectivity index (χ3n) is 3.64. The number of rotatable bonds is 4. The van der Waals surface area contributed by atoms with E-state index in [9.17, 15) is 4.79 Å². The lowest BCUT2D eigenvalue weighted by Crippen LogP contribution is -2.12. The minimum atomic E-state index is -0.151. The van der Waals surface area contributed by atoms with Crippen LogP contribution in [0.5, 0.6) is 0 Å². The van der Waals surface area contributed by atoms with Crippen LogP contribution in [0.25, 0.3) is 10.9 Å². The van der Waals surface area contributed by atoms with E-state index in [1.807, 2.05) is 36.4 Å². The van der Waals surface area contributed by atoms with Gasteiger partial charge in [0.15, 0.2) is 0 Å². The topological polar surface area (TPSA) is 97.6 Å². The van der Waals surface area contributed by atoms with Gasteiger partial charge < -0.3 is 9.40 Å². The van der Waals surface area contributed by atoms with E-state index in [2.05, 4.69) is 25.4 Å². The molecule has 0 saturated heterocycles. The van der Waals surface area contributed by atoms with Gasteiger partial charge in [0.05, 0.1) is 18.5 Å². The first-order valence-electron chi connectivity index (χ1n) is 7.47. The van der Waals surface area contributed by atoms with Crippen LogP contribution in [-0.4, -0.2) is 25.4 Å². The summed E-state index contributed by atoms with van der Waals surface area (Å²) < 4.78 is 5.62. The number of hydrogen-bond donors (Lipinski definition) is 1. The van der Waals surface area contributed by atoms with Crippen LogP contribution >= 0.6 is 0 Å². The van der Waals surface area contributed by atoms with Gasteiger partial charge in [-0.15, -0.1) is 10.2 Å². The normalized spacial score (nSPS) is 11.0. The Balaban J connectivity index is 1.58. The number of aromatic nitrogens is 5. The first-order chi connectivity index (χ1) is 11.8. The highest BCUT2D eigenvalue weighted by Gasteiger charge is 2.11. The van der Waals surface area contributed by atoms with E-state index in [-0.39, 0.29) is 12.0 Å². The van der Waals surface area contributed by atoms with Gasteiger partial charge in [0.1, 0.15) is 0 Å². The molecular formula is C17H13N5O2. The van der Waals surface area contributed by atoms with Crippen LogP contribution in [-0.2, 0) is 12.8 Å². The van der Waals surface area contributed by atoms with Crippen LogP contribution in [0.1, 0.15) is 23.0 Å². The molecule has 1 aromatic carbocycles. The number of aromatic amines is 1. The second kappa shape index (κ2) is 6.04. The molecule has 4 aromatic rings. The first kappa shape index (κ1) is 14.3. The molecule has 3 heterocycles. The summed E-state index contributed by atoms with van der Waals surface area (Å²) in [5.74, 6) is 0.845.